The molecule has 1 aliphatic rings. The molecule has 20 heavy (non-hydrogen) atoms. The predicted molar refractivity (Wildman–Crippen MR) is 78.4 cm³/mol. The average Bonchev–Trinajstić information content (AvgIpc) is 2.45. The molecule has 1 amide bonds. The Hall–Kier alpha value is -1.89. The Morgan fingerprint density at radius 3 is 2.90 bits per heavy atom. The van der Waals surface area contributed by atoms with Crippen molar-refractivity contribution in [1.29, 1.82) is 0 Å². The summed E-state index contributed by atoms with van der Waals surface area (Å²) in [6, 6.07) is -0.193. The molecule has 1 fully saturated rings. The lowest BCUT2D eigenvalue weighted by Gasteiger charge is -2.37. The average molecular weight is 278 g/mol. The largest absolute Gasteiger partial charge is 0.353 e. The Kier molecular flexibility index (Phi) is 4.39. The van der Waals surface area contributed by atoms with E-state index in [9.17, 15) is 4.79 Å². The third-order valence-corrected chi connectivity index (χ3v) is 3.57. The van der Waals surface area contributed by atoms with Crippen LogP contribution in [0, 0.1) is 0 Å². The fourth-order valence-electron chi connectivity index (χ4n) is 2.64. The summed E-state index contributed by atoms with van der Waals surface area (Å²) >= 11 is 0. The molecule has 1 aromatic heterocycles. The Bertz CT molecular complexity index is 490. The topological polar surface area (TPSA) is 96.2 Å². The first kappa shape index (κ1) is 14.5. The van der Waals surface area contributed by atoms with Crippen LogP contribution in [-0.4, -0.2) is 35.0 Å². The molecule has 1 saturated heterocycles. The van der Waals surface area contributed by atoms with Gasteiger partial charge in [0, 0.05) is 18.7 Å². The van der Waals surface area contributed by atoms with Gasteiger partial charge in [0.1, 0.15) is 24.0 Å². The van der Waals surface area contributed by atoms with Crippen LogP contribution in [0.15, 0.2) is 6.33 Å². The van der Waals surface area contributed by atoms with Crippen LogP contribution in [0.5, 0.6) is 0 Å². The molecule has 2 rings (SSSR count). The van der Waals surface area contributed by atoms with Crippen LogP contribution in [0.1, 0.15) is 38.7 Å². The number of rotatable bonds is 4. The molecule has 0 radical (unpaired) electrons. The van der Waals surface area contributed by atoms with Gasteiger partial charge >= 0.3 is 0 Å². The second kappa shape index (κ2) is 6.04. The van der Waals surface area contributed by atoms with Gasteiger partial charge in [-0.2, -0.15) is 0 Å². The number of nitrogens with one attached hydrogen (secondary N) is 2. The Labute approximate surface area is 118 Å². The highest BCUT2D eigenvalue weighted by Gasteiger charge is 2.31. The van der Waals surface area contributed by atoms with Gasteiger partial charge in [-0.3, -0.25) is 4.79 Å². The number of amides is 1. The summed E-state index contributed by atoms with van der Waals surface area (Å²) in [6.07, 6.45) is 2.22. The van der Waals surface area contributed by atoms with E-state index in [2.05, 4.69) is 39.5 Å². The lowest BCUT2D eigenvalue weighted by Crippen LogP contribution is -2.55. The standard InChI is InChI=1S/C13H22N6O/c1-4-9-13(20)15-5-6-19(9)12-10(8(2)3)11(18-14)16-7-17-12/h7-9H,4-6,14H2,1-3H3,(H,15,20)(H,16,17,18). The maximum absolute atomic E-state index is 12.0. The molecule has 7 heteroatoms. The number of carbonyl (C=O) groups is 1. The first-order chi connectivity index (χ1) is 9.60. The minimum Gasteiger partial charge on any atom is -0.353 e. The number of nitrogens with zero attached hydrogens (tertiary/aromatic N) is 3. The molecule has 1 atom stereocenters. The molecule has 1 aliphatic heterocycles. The molecule has 0 bridgehead atoms. The van der Waals surface area contributed by atoms with Gasteiger partial charge in [-0.25, -0.2) is 15.8 Å². The molecule has 7 nitrogen and oxygen atoms in total. The molecule has 110 valence electrons. The van der Waals surface area contributed by atoms with Gasteiger partial charge < -0.3 is 15.6 Å². The van der Waals surface area contributed by atoms with Crippen molar-refractivity contribution in [3.05, 3.63) is 11.9 Å². The van der Waals surface area contributed by atoms with Gasteiger partial charge in [-0.15, -0.1) is 0 Å². The molecule has 2 heterocycles. The number of hydrazine groups is 1. The second-order valence-corrected chi connectivity index (χ2v) is 5.17. The van der Waals surface area contributed by atoms with Gasteiger partial charge in [0.2, 0.25) is 5.91 Å². The van der Waals surface area contributed by atoms with Crippen molar-refractivity contribution >= 4 is 17.5 Å². The van der Waals surface area contributed by atoms with Crippen LogP contribution in [0.4, 0.5) is 11.6 Å². The maximum atomic E-state index is 12.0. The summed E-state index contributed by atoms with van der Waals surface area (Å²) in [4.78, 5) is 22.6. The van der Waals surface area contributed by atoms with Crippen molar-refractivity contribution in [2.45, 2.75) is 39.2 Å². The number of hydrogen-bond acceptors (Lipinski definition) is 6. The highest BCUT2D eigenvalue weighted by Crippen LogP contribution is 2.32. The summed E-state index contributed by atoms with van der Waals surface area (Å²) in [5.74, 6) is 7.21. The highest BCUT2D eigenvalue weighted by molar-refractivity contribution is 5.86. The molecule has 0 spiro atoms. The molecular formula is C13H22N6O. The van der Waals surface area contributed by atoms with Gasteiger partial charge in [-0.1, -0.05) is 20.8 Å². The van der Waals surface area contributed by atoms with E-state index in [0.29, 0.717) is 12.4 Å². The quantitative estimate of drug-likeness (QED) is 0.551. The number of nitrogen functional groups attached to an aromatic ring is 1. The zero-order valence-corrected chi connectivity index (χ0v) is 12.2. The van der Waals surface area contributed by atoms with E-state index < -0.39 is 0 Å². The number of anilines is 2. The maximum Gasteiger partial charge on any atom is 0.242 e. The Morgan fingerprint density at radius 2 is 2.30 bits per heavy atom. The molecular weight excluding hydrogens is 256 g/mol. The summed E-state index contributed by atoms with van der Waals surface area (Å²) < 4.78 is 0. The third kappa shape index (κ3) is 2.53. The molecule has 0 aliphatic carbocycles. The SMILES string of the molecule is CCC1C(=O)NCCN1c1ncnc(NN)c1C(C)C. The van der Waals surface area contributed by atoms with Crippen molar-refractivity contribution in [3.63, 3.8) is 0 Å². The molecule has 1 aromatic rings. The van der Waals surface area contributed by atoms with Crippen LogP contribution >= 0.6 is 0 Å². The first-order valence-corrected chi connectivity index (χ1v) is 6.96. The second-order valence-electron chi connectivity index (χ2n) is 5.17. The van der Waals surface area contributed by atoms with Crippen LogP contribution in [-0.2, 0) is 4.79 Å². The fraction of sp³-hybridized carbons (Fsp3) is 0.615. The van der Waals surface area contributed by atoms with Gasteiger partial charge in [0.15, 0.2) is 0 Å². The van der Waals surface area contributed by atoms with Crippen molar-refractivity contribution in [1.82, 2.24) is 15.3 Å². The molecule has 0 saturated carbocycles. The number of piperazine rings is 1. The van der Waals surface area contributed by atoms with E-state index in [1.807, 2.05) is 6.92 Å². The van der Waals surface area contributed by atoms with Crippen molar-refractivity contribution in [2.24, 2.45) is 5.84 Å². The highest BCUT2D eigenvalue weighted by atomic mass is 16.2. The van der Waals surface area contributed by atoms with Crippen LogP contribution in [0.25, 0.3) is 0 Å². The number of carbonyl (C=O) groups excluding carboxylic acids is 1. The zero-order chi connectivity index (χ0) is 14.7. The number of nitrogens with two attached hydrogens (primary N) is 1. The van der Waals surface area contributed by atoms with E-state index >= 15 is 0 Å². The van der Waals surface area contributed by atoms with E-state index in [-0.39, 0.29) is 17.9 Å². The molecule has 1 unspecified atom stereocenters. The van der Waals surface area contributed by atoms with Crippen LogP contribution < -0.4 is 21.5 Å². The third-order valence-electron chi connectivity index (χ3n) is 3.57. The summed E-state index contributed by atoms with van der Waals surface area (Å²) in [7, 11) is 0. The van der Waals surface area contributed by atoms with E-state index in [1.165, 1.54) is 6.33 Å². The minimum absolute atomic E-state index is 0.0503. The van der Waals surface area contributed by atoms with Gasteiger partial charge in [-0.05, 0) is 12.3 Å². The van der Waals surface area contributed by atoms with Gasteiger partial charge in [0.05, 0.1) is 0 Å². The van der Waals surface area contributed by atoms with E-state index in [4.69, 9.17) is 5.84 Å². The monoisotopic (exact) mass is 278 g/mol. The van der Waals surface area contributed by atoms with Crippen molar-refractivity contribution in [2.75, 3.05) is 23.4 Å². The van der Waals surface area contributed by atoms with Gasteiger partial charge in [0.25, 0.3) is 0 Å². The van der Waals surface area contributed by atoms with Crippen LogP contribution in [0.2, 0.25) is 0 Å². The lowest BCUT2D eigenvalue weighted by atomic mass is 10.0. The number of aromatic nitrogens is 2. The first-order valence-electron chi connectivity index (χ1n) is 6.96. The Balaban J connectivity index is 2.47. The smallest absolute Gasteiger partial charge is 0.242 e. The number of hydrogen-bond donors (Lipinski definition) is 3. The zero-order valence-electron chi connectivity index (χ0n) is 12.2. The summed E-state index contributed by atoms with van der Waals surface area (Å²) in [5.41, 5.74) is 3.57. The normalized spacial score (nSPS) is 19.1. The molecule has 0 aromatic carbocycles. The van der Waals surface area contributed by atoms with Crippen molar-refractivity contribution < 1.29 is 4.79 Å². The van der Waals surface area contributed by atoms with Crippen LogP contribution in [0.3, 0.4) is 0 Å². The predicted octanol–water partition coefficient (Wildman–Crippen LogP) is 0.600. The summed E-state index contributed by atoms with van der Waals surface area (Å²) in [5, 5.41) is 2.90. The van der Waals surface area contributed by atoms with Crippen molar-refractivity contribution in [3.8, 4) is 0 Å². The van der Waals surface area contributed by atoms with E-state index in [1.54, 1.807) is 0 Å². The fourth-order valence-corrected chi connectivity index (χ4v) is 2.64. The Morgan fingerprint density at radius 1 is 1.55 bits per heavy atom. The summed E-state index contributed by atoms with van der Waals surface area (Å²) in [6.45, 7) is 7.50. The minimum atomic E-state index is -0.193. The molecule has 4 N–H and O–H groups in total. The lowest BCUT2D eigenvalue weighted by molar-refractivity contribution is -0.123. The van der Waals surface area contributed by atoms with E-state index in [0.717, 1.165) is 24.3 Å².